The maximum absolute atomic E-state index is 12.2. The summed E-state index contributed by atoms with van der Waals surface area (Å²) < 4.78 is 6.70. The van der Waals surface area contributed by atoms with E-state index in [1.165, 1.54) is 18.4 Å². The predicted molar refractivity (Wildman–Crippen MR) is 78.4 cm³/mol. The van der Waals surface area contributed by atoms with Crippen molar-refractivity contribution in [1.82, 2.24) is 0 Å². The molecule has 0 atom stereocenters. The average molecular weight is 270 g/mol. The van der Waals surface area contributed by atoms with Gasteiger partial charge in [0.2, 0.25) is 10.9 Å². The van der Waals surface area contributed by atoms with Gasteiger partial charge in [-0.1, -0.05) is 12.1 Å². The molecule has 0 spiro atoms. The zero-order chi connectivity index (χ0) is 13.4. The summed E-state index contributed by atoms with van der Waals surface area (Å²) in [5.41, 5.74) is -0.943. The van der Waals surface area contributed by atoms with Crippen molar-refractivity contribution >= 4 is 31.5 Å². The first-order valence-corrected chi connectivity index (χ1v) is 6.56. The molecular weight excluding hydrogens is 260 g/mol. The first-order valence-electron chi connectivity index (χ1n) is 5.74. The smallest absolute Gasteiger partial charge is 0.235 e. The normalized spacial score (nSPS) is 10.8. The highest BCUT2D eigenvalue weighted by molar-refractivity contribution is 7.24. The number of benzene rings is 2. The van der Waals surface area contributed by atoms with E-state index in [0.29, 0.717) is 16.5 Å². The van der Waals surface area contributed by atoms with Crippen LogP contribution in [0, 0.1) is 0 Å². The standard InChI is InChI=1S/C15H10O3S/c1-18-9-6-7-13-11(8-9)15(17)14(16)10-4-2-3-5-12(10)19-13/h2-8H,1H3. The van der Waals surface area contributed by atoms with Crippen LogP contribution in [0.3, 0.4) is 0 Å². The Kier molecular flexibility index (Phi) is 2.80. The Labute approximate surface area is 112 Å². The lowest BCUT2D eigenvalue weighted by Crippen LogP contribution is -2.20. The third-order valence-electron chi connectivity index (χ3n) is 2.99. The molecule has 0 amide bonds. The van der Waals surface area contributed by atoms with Gasteiger partial charge in [0.05, 0.1) is 7.11 Å². The number of fused-ring (bicyclic) bond motifs is 2. The average Bonchev–Trinajstić information content (AvgIpc) is 2.56. The summed E-state index contributed by atoms with van der Waals surface area (Å²) in [5.74, 6) is 0.575. The van der Waals surface area contributed by atoms with Crippen LogP contribution in [0.2, 0.25) is 0 Å². The molecule has 3 rings (SSSR count). The maximum Gasteiger partial charge on any atom is 0.235 e. The first kappa shape index (κ1) is 11.9. The fraction of sp³-hybridized carbons (Fsp3) is 0.0667. The van der Waals surface area contributed by atoms with Crippen molar-refractivity contribution in [1.29, 1.82) is 0 Å². The molecule has 3 aromatic rings. The van der Waals surface area contributed by atoms with E-state index >= 15 is 0 Å². The molecule has 0 unspecified atom stereocenters. The third-order valence-corrected chi connectivity index (χ3v) is 4.14. The van der Waals surface area contributed by atoms with Gasteiger partial charge in [0.25, 0.3) is 0 Å². The van der Waals surface area contributed by atoms with Crippen LogP contribution < -0.4 is 15.6 Å². The van der Waals surface area contributed by atoms with Crippen molar-refractivity contribution < 1.29 is 4.74 Å². The molecule has 19 heavy (non-hydrogen) atoms. The zero-order valence-corrected chi connectivity index (χ0v) is 11.0. The van der Waals surface area contributed by atoms with Crippen molar-refractivity contribution in [2.24, 2.45) is 0 Å². The topological polar surface area (TPSA) is 43.4 Å². The quantitative estimate of drug-likeness (QED) is 0.639. The Balaban J connectivity index is 2.63. The number of hydrogen-bond donors (Lipinski definition) is 0. The molecule has 1 heterocycles. The van der Waals surface area contributed by atoms with Crippen LogP contribution in [-0.2, 0) is 0 Å². The Bertz CT molecular complexity index is 897. The molecule has 0 N–H and O–H groups in total. The van der Waals surface area contributed by atoms with Gasteiger partial charge in [-0.3, -0.25) is 9.59 Å². The molecule has 0 radical (unpaired) electrons. The molecule has 0 saturated carbocycles. The largest absolute Gasteiger partial charge is 0.497 e. The van der Waals surface area contributed by atoms with Crippen molar-refractivity contribution in [3.05, 3.63) is 62.9 Å². The zero-order valence-electron chi connectivity index (χ0n) is 10.2. The SMILES string of the molecule is COc1ccc2sc3ccccc3c(=O)c(=O)c2c1. The second-order valence-electron chi connectivity index (χ2n) is 4.12. The molecule has 1 aromatic heterocycles. The fourth-order valence-corrected chi connectivity index (χ4v) is 3.06. The molecule has 94 valence electrons. The van der Waals surface area contributed by atoms with E-state index < -0.39 is 10.9 Å². The summed E-state index contributed by atoms with van der Waals surface area (Å²) in [4.78, 5) is 24.4. The predicted octanol–water partition coefficient (Wildman–Crippen LogP) is 2.78. The Morgan fingerprint density at radius 3 is 2.37 bits per heavy atom. The van der Waals surface area contributed by atoms with Crippen LogP contribution in [-0.4, -0.2) is 7.11 Å². The minimum atomic E-state index is -0.480. The van der Waals surface area contributed by atoms with Crippen molar-refractivity contribution in [2.75, 3.05) is 7.11 Å². The summed E-state index contributed by atoms with van der Waals surface area (Å²) in [5, 5.41) is 0.873. The van der Waals surface area contributed by atoms with Gasteiger partial charge in [-0.05, 0) is 30.3 Å². The number of methoxy groups -OCH3 is 1. The van der Waals surface area contributed by atoms with Crippen molar-refractivity contribution in [2.45, 2.75) is 0 Å². The van der Waals surface area contributed by atoms with Gasteiger partial charge in [-0.25, -0.2) is 0 Å². The lowest BCUT2D eigenvalue weighted by atomic mass is 10.2. The molecule has 0 aliphatic carbocycles. The fourth-order valence-electron chi connectivity index (χ4n) is 2.01. The van der Waals surface area contributed by atoms with E-state index in [1.807, 2.05) is 18.2 Å². The highest BCUT2D eigenvalue weighted by atomic mass is 32.1. The van der Waals surface area contributed by atoms with Crippen LogP contribution in [0.4, 0.5) is 0 Å². The third kappa shape index (κ3) is 1.90. The van der Waals surface area contributed by atoms with Gasteiger partial charge in [0.1, 0.15) is 5.75 Å². The van der Waals surface area contributed by atoms with Gasteiger partial charge in [-0.2, -0.15) is 0 Å². The molecule has 2 aromatic carbocycles. The molecular formula is C15H10O3S. The Hall–Kier alpha value is -2.20. The summed E-state index contributed by atoms with van der Waals surface area (Å²) in [6.07, 6.45) is 0. The second kappa shape index (κ2) is 4.48. The van der Waals surface area contributed by atoms with E-state index in [4.69, 9.17) is 4.74 Å². The van der Waals surface area contributed by atoms with E-state index in [0.717, 1.165) is 9.40 Å². The van der Waals surface area contributed by atoms with E-state index in [2.05, 4.69) is 0 Å². The number of rotatable bonds is 1. The number of hydrogen-bond acceptors (Lipinski definition) is 4. The first-order chi connectivity index (χ1) is 9.20. The highest BCUT2D eigenvalue weighted by Crippen LogP contribution is 2.24. The van der Waals surface area contributed by atoms with Crippen LogP contribution in [0.1, 0.15) is 0 Å². The molecule has 0 aliphatic heterocycles. The molecule has 0 saturated heterocycles. The number of ether oxygens (including phenoxy) is 1. The van der Waals surface area contributed by atoms with Gasteiger partial charge < -0.3 is 4.74 Å². The highest BCUT2D eigenvalue weighted by Gasteiger charge is 2.07. The summed E-state index contributed by atoms with van der Waals surface area (Å²) in [7, 11) is 1.53. The van der Waals surface area contributed by atoms with Gasteiger partial charge in [0.15, 0.2) is 0 Å². The van der Waals surface area contributed by atoms with Crippen molar-refractivity contribution in [3.8, 4) is 5.75 Å². The van der Waals surface area contributed by atoms with Gasteiger partial charge in [-0.15, -0.1) is 11.3 Å². The van der Waals surface area contributed by atoms with Crippen LogP contribution >= 0.6 is 11.3 Å². The lowest BCUT2D eigenvalue weighted by molar-refractivity contribution is 0.415. The minimum absolute atomic E-state index is 0.408. The summed E-state index contributed by atoms with van der Waals surface area (Å²) >= 11 is 1.43. The van der Waals surface area contributed by atoms with E-state index in [1.54, 1.807) is 24.3 Å². The lowest BCUT2D eigenvalue weighted by Gasteiger charge is -1.98. The summed E-state index contributed by atoms with van der Waals surface area (Å²) in [6, 6.07) is 12.4. The van der Waals surface area contributed by atoms with E-state index in [-0.39, 0.29) is 0 Å². The maximum atomic E-state index is 12.2. The van der Waals surface area contributed by atoms with Crippen molar-refractivity contribution in [3.63, 3.8) is 0 Å². The summed E-state index contributed by atoms with van der Waals surface area (Å²) in [6.45, 7) is 0. The Morgan fingerprint density at radius 2 is 1.58 bits per heavy atom. The van der Waals surface area contributed by atoms with Crippen LogP contribution in [0.15, 0.2) is 52.1 Å². The Morgan fingerprint density at radius 1 is 0.895 bits per heavy atom. The monoisotopic (exact) mass is 270 g/mol. The second-order valence-corrected chi connectivity index (χ2v) is 5.20. The van der Waals surface area contributed by atoms with E-state index in [9.17, 15) is 9.59 Å². The molecule has 0 fully saturated rings. The molecule has 3 nitrogen and oxygen atoms in total. The molecule has 0 aliphatic rings. The molecule has 0 bridgehead atoms. The van der Waals surface area contributed by atoms with Crippen LogP contribution in [0.5, 0.6) is 5.75 Å². The van der Waals surface area contributed by atoms with Gasteiger partial charge in [0, 0.05) is 20.2 Å². The minimum Gasteiger partial charge on any atom is -0.497 e. The van der Waals surface area contributed by atoms with Gasteiger partial charge >= 0.3 is 0 Å². The molecule has 4 heteroatoms. The van der Waals surface area contributed by atoms with Crippen LogP contribution in [0.25, 0.3) is 20.2 Å².